The number of nitrogens with two attached hydrogens (primary N) is 1. The number of nitrogens with one attached hydrogen (secondary N) is 1. The number of hydrogen-bond donors (Lipinski definition) is 3. The van der Waals surface area contributed by atoms with Crippen LogP contribution in [0.4, 0.5) is 0 Å². The minimum Gasteiger partial charge on any atom is -0.409 e. The third kappa shape index (κ3) is 3.20. The molecule has 0 radical (unpaired) electrons. The smallest absolute Gasteiger partial charge is 0.153 e. The lowest BCUT2D eigenvalue weighted by molar-refractivity contribution is -0.00879. The number of ether oxygens (including phenoxy) is 1. The van der Waals surface area contributed by atoms with Crippen LogP contribution in [0.25, 0.3) is 0 Å². The van der Waals surface area contributed by atoms with Crippen molar-refractivity contribution in [3.8, 4) is 0 Å². The Kier molecular flexibility index (Phi) is 3.98. The monoisotopic (exact) mass is 187 g/mol. The fourth-order valence-corrected chi connectivity index (χ4v) is 1.39. The Morgan fingerprint density at radius 2 is 2.38 bits per heavy atom. The van der Waals surface area contributed by atoms with Gasteiger partial charge >= 0.3 is 0 Å². The molecule has 1 fully saturated rings. The molecule has 1 aliphatic carbocycles. The second-order valence-corrected chi connectivity index (χ2v) is 3.22. The first-order valence-corrected chi connectivity index (χ1v) is 4.57. The minimum atomic E-state index is 0.222. The third-order valence-electron chi connectivity index (χ3n) is 2.20. The van der Waals surface area contributed by atoms with E-state index in [1.807, 2.05) is 6.92 Å². The summed E-state index contributed by atoms with van der Waals surface area (Å²) in [5.74, 6) is 0.222. The first-order chi connectivity index (χ1) is 6.26. The molecule has 0 bridgehead atoms. The molecule has 4 N–H and O–H groups in total. The molecule has 0 aliphatic heterocycles. The number of oxime groups is 1. The van der Waals surface area contributed by atoms with E-state index in [-0.39, 0.29) is 5.84 Å². The summed E-state index contributed by atoms with van der Waals surface area (Å²) in [6.45, 7) is 3.22. The molecular weight excluding hydrogens is 170 g/mol. The summed E-state index contributed by atoms with van der Waals surface area (Å²) in [5, 5.41) is 14.3. The van der Waals surface area contributed by atoms with Gasteiger partial charge in [0, 0.05) is 12.6 Å². The van der Waals surface area contributed by atoms with Crippen LogP contribution in [0, 0.1) is 0 Å². The van der Waals surface area contributed by atoms with Crippen molar-refractivity contribution in [1.29, 1.82) is 0 Å². The number of rotatable bonds is 5. The Balaban J connectivity index is 2.02. The van der Waals surface area contributed by atoms with E-state index in [1.54, 1.807) is 0 Å². The van der Waals surface area contributed by atoms with Crippen molar-refractivity contribution in [1.82, 2.24) is 5.32 Å². The van der Waals surface area contributed by atoms with E-state index >= 15 is 0 Å². The standard InChI is InChI=1S/C8H17N3O2/c1-2-13-7-3-6(4-7)10-5-8(9)11-12/h6-7,10,12H,2-5H2,1H3,(H2,9,11). The number of hydrogen-bond acceptors (Lipinski definition) is 4. The highest BCUT2D eigenvalue weighted by molar-refractivity contribution is 5.81. The Bertz CT molecular complexity index is 178. The highest BCUT2D eigenvalue weighted by Gasteiger charge is 2.28. The average molecular weight is 187 g/mol. The predicted octanol–water partition coefficient (Wildman–Crippen LogP) is -0.110. The Hall–Kier alpha value is -0.810. The van der Waals surface area contributed by atoms with E-state index in [0.29, 0.717) is 18.7 Å². The van der Waals surface area contributed by atoms with Crippen molar-refractivity contribution in [3.63, 3.8) is 0 Å². The van der Waals surface area contributed by atoms with Gasteiger partial charge in [-0.25, -0.2) is 0 Å². The Morgan fingerprint density at radius 1 is 1.69 bits per heavy atom. The molecule has 76 valence electrons. The van der Waals surface area contributed by atoms with Crippen LogP contribution in [0.5, 0.6) is 0 Å². The molecule has 0 atom stereocenters. The molecule has 5 nitrogen and oxygen atoms in total. The summed E-state index contributed by atoms with van der Waals surface area (Å²) in [6, 6.07) is 0.455. The molecule has 0 spiro atoms. The van der Waals surface area contributed by atoms with Crippen LogP contribution >= 0.6 is 0 Å². The second kappa shape index (κ2) is 5.04. The van der Waals surface area contributed by atoms with Gasteiger partial charge in [0.15, 0.2) is 5.84 Å². The topological polar surface area (TPSA) is 79.9 Å². The number of nitrogens with zero attached hydrogens (tertiary/aromatic N) is 1. The molecule has 1 aliphatic rings. The maximum atomic E-state index is 8.27. The largest absolute Gasteiger partial charge is 0.409 e. The van der Waals surface area contributed by atoms with Gasteiger partial charge in [-0.1, -0.05) is 5.16 Å². The average Bonchev–Trinajstić information content (AvgIpc) is 2.08. The molecular formula is C8H17N3O2. The molecule has 0 saturated heterocycles. The third-order valence-corrected chi connectivity index (χ3v) is 2.20. The van der Waals surface area contributed by atoms with E-state index in [2.05, 4.69) is 10.5 Å². The molecule has 0 amide bonds. The normalized spacial score (nSPS) is 28.5. The first-order valence-electron chi connectivity index (χ1n) is 4.57. The van der Waals surface area contributed by atoms with Gasteiger partial charge in [-0.15, -0.1) is 0 Å². The Labute approximate surface area is 77.9 Å². The van der Waals surface area contributed by atoms with Crippen molar-refractivity contribution < 1.29 is 9.94 Å². The van der Waals surface area contributed by atoms with Crippen LogP contribution in [0.15, 0.2) is 5.16 Å². The maximum absolute atomic E-state index is 8.27. The van der Waals surface area contributed by atoms with Gasteiger partial charge in [0.2, 0.25) is 0 Å². The van der Waals surface area contributed by atoms with Gasteiger partial charge in [0.1, 0.15) is 0 Å². The lowest BCUT2D eigenvalue weighted by Crippen LogP contribution is -2.48. The SMILES string of the molecule is CCOC1CC(NCC(N)=NO)C1. The maximum Gasteiger partial charge on any atom is 0.153 e. The summed E-state index contributed by atoms with van der Waals surface area (Å²) in [4.78, 5) is 0. The molecule has 1 saturated carbocycles. The van der Waals surface area contributed by atoms with Gasteiger partial charge < -0.3 is 21.0 Å². The van der Waals surface area contributed by atoms with E-state index < -0.39 is 0 Å². The zero-order valence-corrected chi connectivity index (χ0v) is 7.86. The minimum absolute atomic E-state index is 0.222. The summed E-state index contributed by atoms with van der Waals surface area (Å²) < 4.78 is 5.39. The van der Waals surface area contributed by atoms with Crippen molar-refractivity contribution in [2.75, 3.05) is 13.2 Å². The van der Waals surface area contributed by atoms with Gasteiger partial charge in [0.05, 0.1) is 12.6 Å². The van der Waals surface area contributed by atoms with Crippen molar-refractivity contribution in [3.05, 3.63) is 0 Å². The molecule has 13 heavy (non-hydrogen) atoms. The zero-order valence-electron chi connectivity index (χ0n) is 7.86. The summed E-state index contributed by atoms with van der Waals surface area (Å²) in [6.07, 6.45) is 2.44. The van der Waals surface area contributed by atoms with Crippen LogP contribution in [0.2, 0.25) is 0 Å². The first kappa shape index (κ1) is 10.3. The highest BCUT2D eigenvalue weighted by atomic mass is 16.5. The predicted molar refractivity (Wildman–Crippen MR) is 49.8 cm³/mol. The molecule has 0 unspecified atom stereocenters. The lowest BCUT2D eigenvalue weighted by atomic mass is 9.89. The van der Waals surface area contributed by atoms with Crippen molar-refractivity contribution >= 4 is 5.84 Å². The number of amidine groups is 1. The van der Waals surface area contributed by atoms with Crippen LogP contribution in [0.3, 0.4) is 0 Å². The van der Waals surface area contributed by atoms with Gasteiger partial charge in [0.25, 0.3) is 0 Å². The fraction of sp³-hybridized carbons (Fsp3) is 0.875. The van der Waals surface area contributed by atoms with Crippen LogP contribution < -0.4 is 11.1 Å². The second-order valence-electron chi connectivity index (χ2n) is 3.22. The van der Waals surface area contributed by atoms with Crippen molar-refractivity contribution in [2.45, 2.75) is 31.9 Å². The molecule has 5 heteroatoms. The zero-order chi connectivity index (χ0) is 9.68. The molecule has 0 aromatic rings. The summed E-state index contributed by atoms with van der Waals surface area (Å²) in [5.41, 5.74) is 5.30. The molecule has 0 heterocycles. The quantitative estimate of drug-likeness (QED) is 0.243. The van der Waals surface area contributed by atoms with E-state index in [1.165, 1.54) is 0 Å². The summed E-state index contributed by atoms with van der Waals surface area (Å²) >= 11 is 0. The summed E-state index contributed by atoms with van der Waals surface area (Å²) in [7, 11) is 0. The van der Waals surface area contributed by atoms with E-state index in [4.69, 9.17) is 15.7 Å². The molecule has 0 aromatic carbocycles. The van der Waals surface area contributed by atoms with Crippen LogP contribution in [-0.2, 0) is 4.74 Å². The van der Waals surface area contributed by atoms with Crippen LogP contribution in [-0.4, -0.2) is 36.3 Å². The van der Waals surface area contributed by atoms with Crippen molar-refractivity contribution in [2.24, 2.45) is 10.9 Å². The van der Waals surface area contributed by atoms with E-state index in [0.717, 1.165) is 19.4 Å². The van der Waals surface area contributed by atoms with E-state index in [9.17, 15) is 0 Å². The molecule has 0 aromatic heterocycles. The van der Waals surface area contributed by atoms with Gasteiger partial charge in [-0.3, -0.25) is 0 Å². The highest BCUT2D eigenvalue weighted by Crippen LogP contribution is 2.22. The fourth-order valence-electron chi connectivity index (χ4n) is 1.39. The lowest BCUT2D eigenvalue weighted by Gasteiger charge is -2.35. The van der Waals surface area contributed by atoms with Crippen LogP contribution in [0.1, 0.15) is 19.8 Å². The van der Waals surface area contributed by atoms with Gasteiger partial charge in [-0.05, 0) is 19.8 Å². The molecule has 1 rings (SSSR count). The Morgan fingerprint density at radius 3 is 2.92 bits per heavy atom. The van der Waals surface area contributed by atoms with Gasteiger partial charge in [-0.2, -0.15) is 0 Å².